The number of rotatable bonds is 5. The van der Waals surface area contributed by atoms with Crippen molar-refractivity contribution in [3.05, 3.63) is 59.8 Å². The highest BCUT2D eigenvalue weighted by atomic mass is 19.1. The molecule has 1 aromatic carbocycles. The lowest BCUT2D eigenvalue weighted by Gasteiger charge is -2.31. The van der Waals surface area contributed by atoms with Gasteiger partial charge in [-0.1, -0.05) is 18.2 Å². The fourth-order valence-corrected chi connectivity index (χ4v) is 3.11. The molecule has 1 aromatic heterocycles. The lowest BCUT2D eigenvalue weighted by Crippen LogP contribution is -2.45. The Hall–Kier alpha value is -2.63. The third-order valence-corrected chi connectivity index (χ3v) is 4.50. The van der Waals surface area contributed by atoms with Crippen LogP contribution in [0.1, 0.15) is 28.8 Å². The number of amides is 2. The van der Waals surface area contributed by atoms with Crippen molar-refractivity contribution in [3.63, 3.8) is 0 Å². The number of furan rings is 1. The smallest absolute Gasteiger partial charge is 0.257 e. The minimum atomic E-state index is -0.258. The Morgan fingerprint density at radius 2 is 2.12 bits per heavy atom. The minimum Gasteiger partial charge on any atom is -0.472 e. The molecule has 0 saturated carbocycles. The lowest BCUT2D eigenvalue weighted by atomic mass is 9.96. The molecule has 6 heteroatoms. The topological polar surface area (TPSA) is 62.6 Å². The van der Waals surface area contributed by atoms with Crippen molar-refractivity contribution < 1.29 is 18.4 Å². The molecule has 1 atom stereocenters. The molecule has 0 aliphatic carbocycles. The highest BCUT2D eigenvalue weighted by molar-refractivity contribution is 5.94. The molecule has 2 aromatic rings. The van der Waals surface area contributed by atoms with E-state index in [1.54, 1.807) is 29.2 Å². The van der Waals surface area contributed by atoms with Crippen LogP contribution < -0.4 is 5.32 Å². The zero-order chi connectivity index (χ0) is 17.6. The molecule has 1 saturated heterocycles. The van der Waals surface area contributed by atoms with Crippen molar-refractivity contribution in [1.82, 2.24) is 10.2 Å². The standard InChI is InChI=1S/C19H21FN2O3/c20-17-6-2-1-4-14(17)7-9-21-18(23)15-5-3-10-22(12-15)19(24)16-8-11-25-13-16/h1-2,4,6,8,11,13,15H,3,5,7,9-10,12H2,(H,21,23). The summed E-state index contributed by atoms with van der Waals surface area (Å²) < 4.78 is 18.5. The molecule has 2 amide bonds. The molecular weight excluding hydrogens is 323 g/mol. The number of likely N-dealkylation sites (tertiary alicyclic amines) is 1. The molecule has 1 fully saturated rings. The van der Waals surface area contributed by atoms with E-state index in [0.717, 1.165) is 12.8 Å². The van der Waals surface area contributed by atoms with Gasteiger partial charge in [0, 0.05) is 19.6 Å². The van der Waals surface area contributed by atoms with Crippen LogP contribution in [0.2, 0.25) is 0 Å². The number of carbonyl (C=O) groups excluding carboxylic acids is 2. The Morgan fingerprint density at radius 3 is 2.88 bits per heavy atom. The van der Waals surface area contributed by atoms with Gasteiger partial charge in [-0.25, -0.2) is 4.39 Å². The van der Waals surface area contributed by atoms with Gasteiger partial charge < -0.3 is 14.6 Å². The van der Waals surface area contributed by atoms with E-state index in [-0.39, 0.29) is 23.5 Å². The monoisotopic (exact) mass is 344 g/mol. The van der Waals surface area contributed by atoms with E-state index in [0.29, 0.717) is 37.2 Å². The zero-order valence-electron chi connectivity index (χ0n) is 13.9. The Bertz CT molecular complexity index is 730. The molecule has 2 heterocycles. The number of hydrogen-bond acceptors (Lipinski definition) is 3. The first-order valence-corrected chi connectivity index (χ1v) is 8.48. The van der Waals surface area contributed by atoms with Crippen LogP contribution >= 0.6 is 0 Å². The van der Waals surface area contributed by atoms with E-state index in [4.69, 9.17) is 4.42 Å². The molecule has 5 nitrogen and oxygen atoms in total. The van der Waals surface area contributed by atoms with Gasteiger partial charge in [0.15, 0.2) is 0 Å². The normalized spacial score (nSPS) is 17.3. The number of carbonyl (C=O) groups is 2. The maximum atomic E-state index is 13.6. The van der Waals surface area contributed by atoms with Crippen molar-refractivity contribution >= 4 is 11.8 Å². The fourth-order valence-electron chi connectivity index (χ4n) is 3.11. The van der Waals surface area contributed by atoms with Crippen LogP contribution in [-0.2, 0) is 11.2 Å². The van der Waals surface area contributed by atoms with E-state index in [2.05, 4.69) is 5.32 Å². The molecule has 0 bridgehead atoms. The van der Waals surface area contributed by atoms with Gasteiger partial charge in [-0.15, -0.1) is 0 Å². The molecular formula is C19H21FN2O3. The predicted octanol–water partition coefficient (Wildman–Crippen LogP) is 2.63. The highest BCUT2D eigenvalue weighted by Crippen LogP contribution is 2.19. The summed E-state index contributed by atoms with van der Waals surface area (Å²) in [4.78, 5) is 26.4. The summed E-state index contributed by atoms with van der Waals surface area (Å²) >= 11 is 0. The molecule has 0 spiro atoms. The van der Waals surface area contributed by atoms with E-state index in [1.165, 1.54) is 18.6 Å². The largest absolute Gasteiger partial charge is 0.472 e. The second-order valence-electron chi connectivity index (χ2n) is 6.23. The quantitative estimate of drug-likeness (QED) is 0.907. The predicted molar refractivity (Wildman–Crippen MR) is 90.4 cm³/mol. The lowest BCUT2D eigenvalue weighted by molar-refractivity contribution is -0.126. The van der Waals surface area contributed by atoms with Crippen LogP contribution in [0.3, 0.4) is 0 Å². The highest BCUT2D eigenvalue weighted by Gasteiger charge is 2.29. The van der Waals surface area contributed by atoms with E-state index >= 15 is 0 Å². The maximum Gasteiger partial charge on any atom is 0.257 e. The maximum absolute atomic E-state index is 13.6. The fraction of sp³-hybridized carbons (Fsp3) is 0.368. The second kappa shape index (κ2) is 7.96. The zero-order valence-corrected chi connectivity index (χ0v) is 13.9. The summed E-state index contributed by atoms with van der Waals surface area (Å²) in [5, 5.41) is 2.86. The van der Waals surface area contributed by atoms with E-state index in [1.807, 2.05) is 0 Å². The Kier molecular flexibility index (Phi) is 5.48. The molecule has 132 valence electrons. The molecule has 1 N–H and O–H groups in total. The van der Waals surface area contributed by atoms with E-state index < -0.39 is 0 Å². The number of benzene rings is 1. The van der Waals surface area contributed by atoms with Gasteiger partial charge in [-0.3, -0.25) is 9.59 Å². The molecule has 3 rings (SSSR count). The van der Waals surface area contributed by atoms with Crippen molar-refractivity contribution in [2.45, 2.75) is 19.3 Å². The van der Waals surface area contributed by atoms with Crippen molar-refractivity contribution in [1.29, 1.82) is 0 Å². The van der Waals surface area contributed by atoms with Gasteiger partial charge in [-0.2, -0.15) is 0 Å². The summed E-state index contributed by atoms with van der Waals surface area (Å²) in [6, 6.07) is 8.18. The SMILES string of the molecule is O=C(NCCc1ccccc1F)C1CCCN(C(=O)c2ccoc2)C1. The summed E-state index contributed by atoms with van der Waals surface area (Å²) in [6.45, 7) is 1.42. The van der Waals surface area contributed by atoms with Gasteiger partial charge in [0.1, 0.15) is 12.1 Å². The van der Waals surface area contributed by atoms with Gasteiger partial charge in [0.05, 0.1) is 17.7 Å². The summed E-state index contributed by atoms with van der Waals surface area (Å²) in [7, 11) is 0. The molecule has 1 unspecified atom stereocenters. The number of piperidine rings is 1. The number of hydrogen-bond donors (Lipinski definition) is 1. The van der Waals surface area contributed by atoms with Crippen LogP contribution in [0.25, 0.3) is 0 Å². The van der Waals surface area contributed by atoms with Gasteiger partial charge in [0.2, 0.25) is 5.91 Å². The molecule has 25 heavy (non-hydrogen) atoms. The van der Waals surface area contributed by atoms with E-state index in [9.17, 15) is 14.0 Å². The van der Waals surface area contributed by atoms with Gasteiger partial charge in [0.25, 0.3) is 5.91 Å². The first kappa shape index (κ1) is 17.2. The average molecular weight is 344 g/mol. The van der Waals surface area contributed by atoms with Gasteiger partial charge in [-0.05, 0) is 37.0 Å². The number of nitrogens with one attached hydrogen (secondary N) is 1. The van der Waals surface area contributed by atoms with Crippen molar-refractivity contribution in [2.75, 3.05) is 19.6 Å². The Morgan fingerprint density at radius 1 is 1.28 bits per heavy atom. The third kappa shape index (κ3) is 4.26. The summed E-state index contributed by atoms with van der Waals surface area (Å²) in [6.07, 6.45) is 4.86. The molecule has 0 radical (unpaired) electrons. The number of nitrogens with zero attached hydrogens (tertiary/aromatic N) is 1. The first-order valence-electron chi connectivity index (χ1n) is 8.48. The second-order valence-corrected chi connectivity index (χ2v) is 6.23. The van der Waals surface area contributed by atoms with Crippen LogP contribution in [0.5, 0.6) is 0 Å². The third-order valence-electron chi connectivity index (χ3n) is 4.50. The van der Waals surface area contributed by atoms with Crippen LogP contribution in [0.4, 0.5) is 4.39 Å². The first-order chi connectivity index (χ1) is 12.1. The average Bonchev–Trinajstić information content (AvgIpc) is 3.17. The van der Waals surface area contributed by atoms with Crippen LogP contribution in [-0.4, -0.2) is 36.3 Å². The Labute approximate surface area is 145 Å². The Balaban J connectivity index is 1.50. The van der Waals surface area contributed by atoms with Crippen molar-refractivity contribution in [3.8, 4) is 0 Å². The van der Waals surface area contributed by atoms with Crippen LogP contribution in [0, 0.1) is 11.7 Å². The summed E-state index contributed by atoms with van der Waals surface area (Å²) in [5.74, 6) is -0.685. The van der Waals surface area contributed by atoms with Gasteiger partial charge >= 0.3 is 0 Å². The van der Waals surface area contributed by atoms with Crippen molar-refractivity contribution in [2.24, 2.45) is 5.92 Å². The minimum absolute atomic E-state index is 0.0824. The number of halogens is 1. The molecule has 1 aliphatic rings. The molecule has 1 aliphatic heterocycles. The summed E-state index contributed by atoms with van der Waals surface area (Å²) in [5.41, 5.74) is 1.09. The van der Waals surface area contributed by atoms with Crippen LogP contribution in [0.15, 0.2) is 47.3 Å².